The number of ether oxygens (including phenoxy) is 2. The molecule has 0 amide bonds. The summed E-state index contributed by atoms with van der Waals surface area (Å²) in [6, 6.07) is 25.3. The van der Waals surface area contributed by atoms with Crippen LogP contribution < -0.4 is 0 Å². The fourth-order valence-electron chi connectivity index (χ4n) is 3.99. The molecule has 6 heteroatoms. The summed E-state index contributed by atoms with van der Waals surface area (Å²) in [4.78, 5) is 13.0. The van der Waals surface area contributed by atoms with Crippen LogP contribution in [-0.2, 0) is 20.9 Å². The van der Waals surface area contributed by atoms with Crippen LogP contribution in [0.2, 0.25) is 0 Å². The Morgan fingerprint density at radius 2 is 1.71 bits per heavy atom. The third-order valence-electron chi connectivity index (χ3n) is 5.65. The standard InChI is InChI=1S/C29H25N3O3/c1-4-26-25-17-23(22-13-11-20(18-30)12-14-22)15-16-24(25)28(35-19-21-9-7-6-8-10-21)27(29(33)34-3)32(26)31-5-2/h4-17H,19H2,1-3H3/b26-4+,31-5-. The van der Waals surface area contributed by atoms with Crippen LogP contribution in [0.3, 0.4) is 0 Å². The zero-order valence-electron chi connectivity index (χ0n) is 19.9. The van der Waals surface area contributed by atoms with Gasteiger partial charge < -0.3 is 9.47 Å². The number of allylic oxidation sites excluding steroid dienone is 1. The molecule has 0 saturated heterocycles. The van der Waals surface area contributed by atoms with Gasteiger partial charge in [-0.2, -0.15) is 10.4 Å². The molecule has 0 fully saturated rings. The fraction of sp³-hybridized carbons (Fsp3) is 0.138. The molecule has 1 aliphatic heterocycles. The zero-order valence-corrected chi connectivity index (χ0v) is 19.9. The predicted molar refractivity (Wildman–Crippen MR) is 136 cm³/mol. The van der Waals surface area contributed by atoms with Gasteiger partial charge in [0.1, 0.15) is 6.61 Å². The van der Waals surface area contributed by atoms with Gasteiger partial charge in [0, 0.05) is 17.3 Å². The maximum Gasteiger partial charge on any atom is 0.360 e. The van der Waals surface area contributed by atoms with Crippen LogP contribution in [0.1, 0.15) is 36.1 Å². The predicted octanol–water partition coefficient (Wildman–Crippen LogP) is 5.97. The van der Waals surface area contributed by atoms with Crippen molar-refractivity contribution in [3.05, 3.63) is 107 Å². The molecule has 6 nitrogen and oxygen atoms in total. The zero-order chi connectivity index (χ0) is 24.8. The lowest BCUT2D eigenvalue weighted by atomic mass is 9.92. The monoisotopic (exact) mass is 463 g/mol. The van der Waals surface area contributed by atoms with Gasteiger partial charge in [0.2, 0.25) is 0 Å². The van der Waals surface area contributed by atoms with Crippen molar-refractivity contribution < 1.29 is 14.3 Å². The van der Waals surface area contributed by atoms with Crippen molar-refractivity contribution in [1.82, 2.24) is 5.01 Å². The molecule has 0 radical (unpaired) electrons. The molecule has 0 spiro atoms. The van der Waals surface area contributed by atoms with E-state index in [0.29, 0.717) is 11.3 Å². The number of esters is 1. The van der Waals surface area contributed by atoms with E-state index >= 15 is 0 Å². The molecule has 3 aromatic carbocycles. The third-order valence-corrected chi connectivity index (χ3v) is 5.65. The second-order valence-corrected chi connectivity index (χ2v) is 7.75. The molecular formula is C29H25N3O3. The molecule has 0 saturated carbocycles. The van der Waals surface area contributed by atoms with Gasteiger partial charge >= 0.3 is 5.97 Å². The Hall–Kier alpha value is -4.63. The van der Waals surface area contributed by atoms with Crippen LogP contribution >= 0.6 is 0 Å². The normalized spacial score (nSPS) is 14.1. The molecule has 3 aromatic rings. The van der Waals surface area contributed by atoms with Crippen LogP contribution in [0.15, 0.2) is 89.7 Å². The summed E-state index contributed by atoms with van der Waals surface area (Å²) in [6.45, 7) is 3.97. The highest BCUT2D eigenvalue weighted by Crippen LogP contribution is 2.42. The first-order valence-corrected chi connectivity index (χ1v) is 11.2. The van der Waals surface area contributed by atoms with Crippen molar-refractivity contribution in [3.8, 4) is 17.2 Å². The lowest BCUT2D eigenvalue weighted by Gasteiger charge is -2.32. The number of benzene rings is 3. The Morgan fingerprint density at radius 1 is 1.00 bits per heavy atom. The smallest absolute Gasteiger partial charge is 0.360 e. The number of rotatable bonds is 6. The number of methoxy groups -OCH3 is 1. The molecule has 1 heterocycles. The van der Waals surface area contributed by atoms with Crippen molar-refractivity contribution in [2.75, 3.05) is 7.11 Å². The first-order chi connectivity index (χ1) is 17.1. The Labute approximate surface area is 205 Å². The summed E-state index contributed by atoms with van der Waals surface area (Å²) < 4.78 is 11.4. The van der Waals surface area contributed by atoms with Gasteiger partial charge in [-0.3, -0.25) is 0 Å². The maximum atomic E-state index is 13.0. The van der Waals surface area contributed by atoms with E-state index in [4.69, 9.17) is 14.7 Å². The van der Waals surface area contributed by atoms with Crippen molar-refractivity contribution in [3.63, 3.8) is 0 Å². The number of fused-ring (bicyclic) bond motifs is 1. The number of nitrogens with zero attached hydrogens (tertiary/aromatic N) is 3. The summed E-state index contributed by atoms with van der Waals surface area (Å²) in [5, 5.41) is 15.2. The number of nitriles is 1. The first kappa shape index (κ1) is 23.5. The average Bonchev–Trinajstić information content (AvgIpc) is 2.91. The second kappa shape index (κ2) is 10.5. The van der Waals surface area contributed by atoms with Crippen LogP contribution in [0, 0.1) is 11.3 Å². The van der Waals surface area contributed by atoms with Crippen LogP contribution in [0.5, 0.6) is 0 Å². The van der Waals surface area contributed by atoms with E-state index in [1.807, 2.05) is 73.7 Å². The van der Waals surface area contributed by atoms with Crippen LogP contribution in [0.25, 0.3) is 22.6 Å². The van der Waals surface area contributed by atoms with Gasteiger partial charge in [-0.1, -0.05) is 54.6 Å². The number of carbonyl (C=O) groups excluding carboxylic acids is 1. The summed E-state index contributed by atoms with van der Waals surface area (Å²) in [6.07, 6.45) is 3.53. The van der Waals surface area contributed by atoms with E-state index < -0.39 is 5.97 Å². The quantitative estimate of drug-likeness (QED) is 0.333. The third kappa shape index (κ3) is 4.71. The Bertz CT molecular complexity index is 1360. The fourth-order valence-corrected chi connectivity index (χ4v) is 3.99. The van der Waals surface area contributed by atoms with Gasteiger partial charge in [0.25, 0.3) is 0 Å². The van der Waals surface area contributed by atoms with Crippen molar-refractivity contribution in [2.45, 2.75) is 20.5 Å². The van der Waals surface area contributed by atoms with Gasteiger partial charge in [-0.15, -0.1) is 0 Å². The Morgan fingerprint density at radius 3 is 2.34 bits per heavy atom. The summed E-state index contributed by atoms with van der Waals surface area (Å²) in [5.41, 5.74) is 6.12. The molecule has 4 rings (SSSR count). The number of hydrazone groups is 1. The van der Waals surface area contributed by atoms with E-state index in [1.165, 1.54) is 7.11 Å². The van der Waals surface area contributed by atoms with Crippen molar-refractivity contribution in [1.29, 1.82) is 5.26 Å². The van der Waals surface area contributed by atoms with E-state index in [9.17, 15) is 4.79 Å². The average molecular weight is 464 g/mol. The van der Waals surface area contributed by atoms with Crippen molar-refractivity contribution in [2.24, 2.45) is 5.10 Å². The second-order valence-electron chi connectivity index (χ2n) is 7.75. The number of hydrogen-bond acceptors (Lipinski definition) is 6. The summed E-state index contributed by atoms with van der Waals surface area (Å²) in [7, 11) is 1.34. The van der Waals surface area contributed by atoms with Gasteiger partial charge in [0.05, 0.1) is 24.4 Å². The lowest BCUT2D eigenvalue weighted by Crippen LogP contribution is -2.29. The SMILES string of the molecule is C/C=N\N1C(C(=O)OC)=C(OCc2ccccc2)c2ccc(-c3ccc(C#N)cc3)cc2/C1=C\C. The minimum atomic E-state index is -0.542. The Balaban J connectivity index is 1.89. The minimum absolute atomic E-state index is 0.216. The molecule has 35 heavy (non-hydrogen) atoms. The number of hydrogen-bond donors (Lipinski definition) is 0. The molecule has 0 aliphatic carbocycles. The van der Waals surface area contributed by atoms with Gasteiger partial charge in [0.15, 0.2) is 11.5 Å². The summed E-state index contributed by atoms with van der Waals surface area (Å²) >= 11 is 0. The van der Waals surface area contributed by atoms with Crippen LogP contribution in [-0.4, -0.2) is 24.3 Å². The highest BCUT2D eigenvalue weighted by molar-refractivity contribution is 6.01. The molecule has 0 atom stereocenters. The van der Waals surface area contributed by atoms with E-state index in [-0.39, 0.29) is 12.3 Å². The van der Waals surface area contributed by atoms with Crippen molar-refractivity contribution >= 4 is 23.6 Å². The number of carbonyl (C=O) groups is 1. The van der Waals surface area contributed by atoms with Crippen LogP contribution in [0.4, 0.5) is 0 Å². The summed E-state index contributed by atoms with van der Waals surface area (Å²) in [5.74, 6) is -0.141. The molecule has 0 bridgehead atoms. The molecule has 0 N–H and O–H groups in total. The molecule has 174 valence electrons. The van der Waals surface area contributed by atoms with E-state index in [0.717, 1.165) is 33.5 Å². The maximum absolute atomic E-state index is 13.0. The largest absolute Gasteiger partial charge is 0.486 e. The Kier molecular flexibility index (Phi) is 7.08. The molecule has 0 unspecified atom stereocenters. The van der Waals surface area contributed by atoms with E-state index in [2.05, 4.69) is 11.2 Å². The molecule has 1 aliphatic rings. The van der Waals surface area contributed by atoms with E-state index in [1.54, 1.807) is 30.3 Å². The molecular weight excluding hydrogens is 438 g/mol. The molecule has 0 aromatic heterocycles. The highest BCUT2D eigenvalue weighted by Gasteiger charge is 2.35. The van der Waals surface area contributed by atoms with Gasteiger partial charge in [-0.05, 0) is 54.8 Å². The highest BCUT2D eigenvalue weighted by atomic mass is 16.5. The first-order valence-electron chi connectivity index (χ1n) is 11.2. The van der Waals surface area contributed by atoms with Gasteiger partial charge in [-0.25, -0.2) is 9.80 Å². The topological polar surface area (TPSA) is 74.9 Å². The minimum Gasteiger partial charge on any atom is -0.486 e. The lowest BCUT2D eigenvalue weighted by molar-refractivity contribution is -0.137.